The summed E-state index contributed by atoms with van der Waals surface area (Å²) in [6, 6.07) is 4.86. The Kier molecular flexibility index (Phi) is 12.8. The summed E-state index contributed by atoms with van der Waals surface area (Å²) < 4.78 is 9.18. The number of nitrogens with zero attached hydrogens (tertiary/aromatic N) is 1. The van der Waals surface area contributed by atoms with Gasteiger partial charge < -0.3 is 9.30 Å². The third kappa shape index (κ3) is 7.43. The van der Waals surface area contributed by atoms with Crippen LogP contribution in [0.15, 0.2) is 41.4 Å². The Balaban J connectivity index is 0.00000185. The number of thiophene rings is 1. The Morgan fingerprint density at radius 1 is 1.44 bits per heavy atom. The Labute approximate surface area is 212 Å². The van der Waals surface area contributed by atoms with E-state index in [1.807, 2.05) is 24.5 Å². The number of aromatic nitrogens is 1. The molecule has 0 spiro atoms. The molecule has 25 heavy (non-hydrogen) atoms. The monoisotopic (exact) mass is 489 g/mol. The Bertz CT molecular complexity index is 779. The van der Waals surface area contributed by atoms with E-state index in [0.29, 0.717) is 23.6 Å². The minimum atomic E-state index is -0.362. The molecule has 0 saturated carbocycles. The molecule has 0 aliphatic carbocycles. The molecule has 2 aromatic heterocycles. The summed E-state index contributed by atoms with van der Waals surface area (Å²) in [5, 5.41) is 0. The standard InChI is InChI=1S/C16H14BBrNO2S.C2H6.Rb/c1-4-21-16(20)13-7-14-12(8-15(17)22-14)19(13)9-10(2)5-6-11(3)18;1-2;/h5-7H,2-4,9H2,1H3;1-2H3;/q-1;;+1/b6-5-;;. The number of esters is 1. The van der Waals surface area contributed by atoms with Crippen LogP contribution in [-0.4, -0.2) is 25.0 Å². The van der Waals surface area contributed by atoms with Gasteiger partial charge in [0.2, 0.25) is 0 Å². The molecule has 126 valence electrons. The fourth-order valence-electron chi connectivity index (χ4n) is 1.99. The van der Waals surface area contributed by atoms with E-state index in [-0.39, 0.29) is 64.2 Å². The quantitative estimate of drug-likeness (QED) is 0.266. The minimum Gasteiger partial charge on any atom is -0.461 e. The molecule has 2 rings (SSSR count). The van der Waals surface area contributed by atoms with Crippen LogP contribution in [0.1, 0.15) is 31.3 Å². The number of rotatable bonds is 6. The van der Waals surface area contributed by atoms with E-state index in [0.717, 1.165) is 20.3 Å². The molecule has 0 saturated heterocycles. The van der Waals surface area contributed by atoms with Crippen molar-refractivity contribution in [2.24, 2.45) is 0 Å². The number of allylic oxidation sites excluding steroid dienone is 4. The minimum absolute atomic E-state index is 0. The van der Waals surface area contributed by atoms with Gasteiger partial charge in [0.05, 0.1) is 14.5 Å². The van der Waals surface area contributed by atoms with Crippen LogP contribution in [0.25, 0.3) is 10.2 Å². The van der Waals surface area contributed by atoms with Gasteiger partial charge in [-0.15, -0.1) is 10.3 Å². The molecule has 0 aliphatic heterocycles. The average Bonchev–Trinajstić information content (AvgIpc) is 3.05. The third-order valence-electron chi connectivity index (χ3n) is 2.87. The molecule has 0 atom stereocenters. The Morgan fingerprint density at radius 2 is 2.08 bits per heavy atom. The largest absolute Gasteiger partial charge is 1.00 e. The maximum atomic E-state index is 12.1. The van der Waals surface area contributed by atoms with Gasteiger partial charge in [-0.2, -0.15) is 0 Å². The van der Waals surface area contributed by atoms with E-state index in [4.69, 9.17) is 12.6 Å². The van der Waals surface area contributed by atoms with E-state index in [2.05, 4.69) is 35.2 Å². The number of ether oxygens (including phenoxy) is 1. The van der Waals surface area contributed by atoms with Crippen LogP contribution in [0.2, 0.25) is 0 Å². The SMILES string of the molecule is CC.[B]c1[c-]c2c(cc(C(=O)OCC)n2CC(=C)/C=C\C(=C)Br)s1.[Rb+]. The second-order valence-electron chi connectivity index (χ2n) is 4.58. The van der Waals surface area contributed by atoms with Crippen molar-refractivity contribution in [3.63, 3.8) is 0 Å². The summed E-state index contributed by atoms with van der Waals surface area (Å²) in [7, 11) is 5.80. The predicted octanol–water partition coefficient (Wildman–Crippen LogP) is 1.52. The first-order chi connectivity index (χ1) is 11.4. The van der Waals surface area contributed by atoms with Gasteiger partial charge in [0.15, 0.2) is 0 Å². The predicted molar refractivity (Wildman–Crippen MR) is 108 cm³/mol. The number of carbonyl (C=O) groups is 1. The molecule has 0 aromatic carbocycles. The van der Waals surface area contributed by atoms with Crippen molar-refractivity contribution in [3.05, 3.63) is 53.2 Å². The molecule has 7 heteroatoms. The molecular weight excluding hydrogens is 470 g/mol. The summed E-state index contributed by atoms with van der Waals surface area (Å²) in [6.45, 7) is 14.3. The summed E-state index contributed by atoms with van der Waals surface area (Å²) in [4.78, 5) is 12.1. The second kappa shape index (κ2) is 12.6. The smallest absolute Gasteiger partial charge is 0.461 e. The first-order valence-corrected chi connectivity index (χ1v) is 9.21. The summed E-state index contributed by atoms with van der Waals surface area (Å²) >= 11 is 4.65. The number of fused-ring (bicyclic) bond motifs is 1. The molecule has 2 heterocycles. The summed E-state index contributed by atoms with van der Waals surface area (Å²) in [6.07, 6.45) is 3.65. The van der Waals surface area contributed by atoms with Crippen molar-refractivity contribution in [2.75, 3.05) is 6.61 Å². The van der Waals surface area contributed by atoms with Crippen molar-refractivity contribution in [3.8, 4) is 0 Å². The third-order valence-corrected chi connectivity index (χ3v) is 3.99. The Hall–Kier alpha value is 0.280. The van der Waals surface area contributed by atoms with E-state index in [9.17, 15) is 4.79 Å². The van der Waals surface area contributed by atoms with Gasteiger partial charge in [-0.1, -0.05) is 59.8 Å². The van der Waals surface area contributed by atoms with Crippen LogP contribution in [0.4, 0.5) is 0 Å². The van der Waals surface area contributed by atoms with Crippen LogP contribution < -0.4 is 63.0 Å². The molecule has 0 unspecified atom stereocenters. The number of hydrogen-bond donors (Lipinski definition) is 0. The van der Waals surface area contributed by atoms with Crippen LogP contribution in [0, 0.1) is 6.07 Å². The van der Waals surface area contributed by atoms with Gasteiger partial charge in [-0.25, -0.2) is 10.9 Å². The zero-order valence-corrected chi connectivity index (χ0v) is 22.5. The first-order valence-electron chi connectivity index (χ1n) is 7.60. The fraction of sp³-hybridized carbons (Fsp3) is 0.278. The summed E-state index contributed by atoms with van der Waals surface area (Å²) in [5.41, 5.74) is 2.09. The molecule has 0 amide bonds. The molecule has 0 fully saturated rings. The topological polar surface area (TPSA) is 31.2 Å². The van der Waals surface area contributed by atoms with Gasteiger partial charge in [0.25, 0.3) is 0 Å². The van der Waals surface area contributed by atoms with Crippen molar-refractivity contribution >= 4 is 56.1 Å². The van der Waals surface area contributed by atoms with E-state index >= 15 is 0 Å². The van der Waals surface area contributed by atoms with Crippen molar-refractivity contribution in [1.82, 2.24) is 4.57 Å². The molecule has 0 aliphatic rings. The first kappa shape index (κ1) is 25.3. The average molecular weight is 491 g/mol. The molecule has 2 aromatic rings. The van der Waals surface area contributed by atoms with Crippen LogP contribution in [0.5, 0.6) is 0 Å². The van der Waals surface area contributed by atoms with E-state index in [1.54, 1.807) is 19.1 Å². The molecule has 0 bridgehead atoms. The Morgan fingerprint density at radius 3 is 2.64 bits per heavy atom. The van der Waals surface area contributed by atoms with E-state index < -0.39 is 0 Å². The maximum absolute atomic E-state index is 12.1. The van der Waals surface area contributed by atoms with Crippen LogP contribution in [0.3, 0.4) is 0 Å². The van der Waals surface area contributed by atoms with Crippen LogP contribution >= 0.6 is 27.3 Å². The van der Waals surface area contributed by atoms with Crippen molar-refractivity contribution in [2.45, 2.75) is 27.3 Å². The van der Waals surface area contributed by atoms with E-state index in [1.165, 1.54) is 11.3 Å². The van der Waals surface area contributed by atoms with Crippen molar-refractivity contribution < 1.29 is 67.7 Å². The van der Waals surface area contributed by atoms with Gasteiger partial charge >= 0.3 is 64.2 Å². The van der Waals surface area contributed by atoms with Gasteiger partial charge in [0.1, 0.15) is 5.69 Å². The normalized spacial score (nSPS) is 10.1. The molecule has 0 N–H and O–H groups in total. The zero-order chi connectivity index (χ0) is 18.3. The van der Waals surface area contributed by atoms with Crippen molar-refractivity contribution in [1.29, 1.82) is 0 Å². The number of carbonyl (C=O) groups excluding carboxylic acids is 1. The number of hydrogen-bond acceptors (Lipinski definition) is 3. The zero-order valence-electron chi connectivity index (χ0n) is 15.2. The second-order valence-corrected chi connectivity index (χ2v) is 6.68. The van der Waals surface area contributed by atoms with Crippen LogP contribution in [-0.2, 0) is 11.3 Å². The molecule has 3 nitrogen and oxygen atoms in total. The van der Waals surface area contributed by atoms with Gasteiger partial charge in [-0.05, 0) is 18.6 Å². The number of halogens is 1. The molecule has 2 radical (unpaired) electrons. The fourth-order valence-corrected chi connectivity index (χ4v) is 2.94. The van der Waals surface area contributed by atoms with Gasteiger partial charge in [0, 0.05) is 11.0 Å². The van der Waals surface area contributed by atoms with Gasteiger partial charge in [-0.3, -0.25) is 11.3 Å². The maximum Gasteiger partial charge on any atom is 1.00 e. The summed E-state index contributed by atoms with van der Waals surface area (Å²) in [5.74, 6) is -0.362. The molecular formula is C18H20BBrNO2RbS.